The number of hydrogen-bond acceptors (Lipinski definition) is 1. The summed E-state index contributed by atoms with van der Waals surface area (Å²) in [7, 11) is 0. The highest BCUT2D eigenvalue weighted by Gasteiger charge is 1.88. The molecule has 0 spiro atoms. The lowest BCUT2D eigenvalue weighted by molar-refractivity contribution is -0.120. The average Bonchev–Trinajstić information content (AvgIpc) is 1.68. The zero-order valence-electron chi connectivity index (χ0n) is 3.90. The van der Waals surface area contributed by atoms with Gasteiger partial charge in [-0.05, 0) is 0 Å². The molecule has 0 aromatic carbocycles. The molecule has 0 aromatic heterocycles. The van der Waals surface area contributed by atoms with Crippen molar-refractivity contribution in [2.24, 2.45) is 0 Å². The van der Waals surface area contributed by atoms with Crippen LogP contribution < -0.4 is 11.3 Å². The molecule has 0 rings (SSSR count). The largest absolute Gasteiger partial charge is 0.276 e. The van der Waals surface area contributed by atoms with E-state index in [0.29, 0.717) is 0 Å². The van der Waals surface area contributed by atoms with Gasteiger partial charge in [0.15, 0.2) is 0 Å². The smallest absolute Gasteiger partial charge is 0.238 e. The molecular weight excluding hydrogens is 92.1 g/mol. The maximum Gasteiger partial charge on any atom is 0.238 e. The zero-order chi connectivity index (χ0) is 5.70. The van der Waals surface area contributed by atoms with Gasteiger partial charge in [0.1, 0.15) is 0 Å². The molecule has 0 saturated carbocycles. The molecule has 0 aliphatic heterocycles. The van der Waals surface area contributed by atoms with Gasteiger partial charge >= 0.3 is 0 Å². The molecule has 39 valence electrons. The van der Waals surface area contributed by atoms with E-state index >= 15 is 0 Å². The van der Waals surface area contributed by atoms with Crippen LogP contribution in [0.4, 0.5) is 0 Å². The average molecular weight is 99.1 g/mol. The Morgan fingerprint density at radius 3 is 2.71 bits per heavy atom. The van der Waals surface area contributed by atoms with E-state index < -0.39 is 0 Å². The minimum Gasteiger partial charge on any atom is -0.276 e. The van der Waals surface area contributed by atoms with E-state index in [1.165, 1.54) is 6.08 Å². The van der Waals surface area contributed by atoms with E-state index in [-0.39, 0.29) is 12.3 Å². The third kappa shape index (κ3) is 2.99. The second-order valence-electron chi connectivity index (χ2n) is 1.04. The topological polar surface area (TPSA) is 52.9 Å². The number of hydrogen-bond donors (Lipinski definition) is 1. The van der Waals surface area contributed by atoms with Crippen molar-refractivity contribution in [3.05, 3.63) is 12.7 Å². The van der Waals surface area contributed by atoms with Gasteiger partial charge in [-0.1, -0.05) is 6.08 Å². The van der Waals surface area contributed by atoms with Crippen LogP contribution in [0.1, 0.15) is 6.42 Å². The van der Waals surface area contributed by atoms with Crippen molar-refractivity contribution in [3.63, 3.8) is 0 Å². The third-order valence-electron chi connectivity index (χ3n) is 0.469. The van der Waals surface area contributed by atoms with Crippen molar-refractivity contribution in [2.45, 2.75) is 6.42 Å². The van der Waals surface area contributed by atoms with E-state index in [0.717, 1.165) is 0 Å². The number of amides is 1. The van der Waals surface area contributed by atoms with Gasteiger partial charge in [0, 0.05) is 6.42 Å². The molecule has 0 heterocycles. The van der Waals surface area contributed by atoms with Crippen LogP contribution in [0.2, 0.25) is 0 Å². The minimum absolute atomic E-state index is 0.226. The lowest BCUT2D eigenvalue weighted by atomic mass is 10.4. The van der Waals surface area contributed by atoms with Crippen molar-refractivity contribution < 1.29 is 4.79 Å². The Kier molecular flexibility index (Phi) is 2.96. The number of carbonyl (C=O) groups excluding carboxylic acids is 1. The van der Waals surface area contributed by atoms with E-state index in [1.54, 1.807) is 5.43 Å². The Hall–Kier alpha value is -0.830. The van der Waals surface area contributed by atoms with Crippen LogP contribution in [0.25, 0.3) is 0 Å². The first kappa shape index (κ1) is 6.17. The second-order valence-corrected chi connectivity index (χ2v) is 1.04. The Morgan fingerprint density at radius 1 is 2.00 bits per heavy atom. The molecule has 0 unspecified atom stereocenters. The summed E-state index contributed by atoms with van der Waals surface area (Å²) in [6, 6.07) is 0. The highest BCUT2D eigenvalue weighted by molar-refractivity contribution is 5.76. The van der Waals surface area contributed by atoms with Gasteiger partial charge in [0.2, 0.25) is 5.91 Å². The molecule has 1 radical (unpaired) electrons. The van der Waals surface area contributed by atoms with Crippen LogP contribution >= 0.6 is 0 Å². The molecule has 0 aliphatic carbocycles. The lowest BCUT2D eigenvalue weighted by Crippen LogP contribution is -2.18. The lowest BCUT2D eigenvalue weighted by Gasteiger charge is -1.87. The van der Waals surface area contributed by atoms with E-state index in [4.69, 9.17) is 5.84 Å². The SMILES string of the molecule is C=CCC(=O)N[NH]. The fraction of sp³-hybridized carbons (Fsp3) is 0.250. The quantitative estimate of drug-likeness (QED) is 0.380. The van der Waals surface area contributed by atoms with Crippen LogP contribution in [-0.2, 0) is 4.79 Å². The van der Waals surface area contributed by atoms with E-state index in [9.17, 15) is 4.79 Å². The summed E-state index contributed by atoms with van der Waals surface area (Å²) in [4.78, 5) is 10.0. The standard InChI is InChI=1S/C4H7N2O/c1-2-3-4(7)6-5/h2,5H,1,3H2,(H,6,7). The highest BCUT2D eigenvalue weighted by atomic mass is 16.2. The van der Waals surface area contributed by atoms with Crippen molar-refractivity contribution in [1.82, 2.24) is 11.3 Å². The summed E-state index contributed by atoms with van der Waals surface area (Å²) in [6.45, 7) is 3.30. The molecule has 0 saturated heterocycles. The van der Waals surface area contributed by atoms with Gasteiger partial charge in [-0.25, -0.2) is 0 Å². The van der Waals surface area contributed by atoms with Crippen LogP contribution in [0.15, 0.2) is 12.7 Å². The second kappa shape index (κ2) is 3.36. The summed E-state index contributed by atoms with van der Waals surface area (Å²) < 4.78 is 0. The van der Waals surface area contributed by atoms with E-state index in [2.05, 4.69) is 6.58 Å². The Balaban J connectivity index is 3.17. The molecule has 0 aromatic rings. The molecule has 0 atom stereocenters. The fourth-order valence-corrected chi connectivity index (χ4v) is 0.182. The summed E-state index contributed by atoms with van der Waals surface area (Å²) in [6.07, 6.45) is 1.67. The highest BCUT2D eigenvalue weighted by Crippen LogP contribution is 1.74. The predicted octanol–water partition coefficient (Wildman–Crippen LogP) is -0.123. The number of rotatable bonds is 2. The molecule has 2 N–H and O–H groups in total. The molecular formula is C4H7N2O. The molecule has 7 heavy (non-hydrogen) atoms. The Bertz CT molecular complexity index is 79.8. The predicted molar refractivity (Wildman–Crippen MR) is 26.1 cm³/mol. The molecule has 3 heteroatoms. The van der Waals surface area contributed by atoms with Crippen LogP contribution in [-0.4, -0.2) is 5.91 Å². The molecule has 1 amide bonds. The summed E-state index contributed by atoms with van der Waals surface area (Å²) in [5.74, 6) is 5.94. The maximum absolute atomic E-state index is 10.0. The van der Waals surface area contributed by atoms with Gasteiger partial charge in [-0.15, -0.1) is 6.58 Å². The van der Waals surface area contributed by atoms with E-state index in [1.807, 2.05) is 0 Å². The third-order valence-corrected chi connectivity index (χ3v) is 0.469. The normalized spacial score (nSPS) is 7.57. The first-order chi connectivity index (χ1) is 3.31. The van der Waals surface area contributed by atoms with Gasteiger partial charge in [0.05, 0.1) is 0 Å². The Labute approximate surface area is 42.2 Å². The van der Waals surface area contributed by atoms with Gasteiger partial charge in [-0.2, -0.15) is 5.84 Å². The Morgan fingerprint density at radius 2 is 2.57 bits per heavy atom. The number of carbonyl (C=O) groups is 1. The van der Waals surface area contributed by atoms with Crippen molar-refractivity contribution >= 4 is 5.91 Å². The summed E-state index contributed by atoms with van der Waals surface area (Å²) >= 11 is 0. The van der Waals surface area contributed by atoms with Crippen LogP contribution in [0, 0.1) is 0 Å². The maximum atomic E-state index is 10.0. The van der Waals surface area contributed by atoms with Crippen LogP contribution in [0.5, 0.6) is 0 Å². The summed E-state index contributed by atoms with van der Waals surface area (Å²) in [5.41, 5.74) is 1.71. The van der Waals surface area contributed by atoms with Crippen molar-refractivity contribution in [1.29, 1.82) is 0 Å². The van der Waals surface area contributed by atoms with Gasteiger partial charge in [0.25, 0.3) is 0 Å². The molecule has 0 fully saturated rings. The van der Waals surface area contributed by atoms with Gasteiger partial charge in [-0.3, -0.25) is 10.2 Å². The van der Waals surface area contributed by atoms with Crippen molar-refractivity contribution in [3.8, 4) is 0 Å². The first-order valence-electron chi connectivity index (χ1n) is 1.87. The molecule has 0 aliphatic rings. The first-order valence-corrected chi connectivity index (χ1v) is 1.87. The van der Waals surface area contributed by atoms with Crippen molar-refractivity contribution in [2.75, 3.05) is 0 Å². The van der Waals surface area contributed by atoms with Crippen LogP contribution in [0.3, 0.4) is 0 Å². The monoisotopic (exact) mass is 99.1 g/mol. The van der Waals surface area contributed by atoms with Gasteiger partial charge < -0.3 is 0 Å². The molecule has 3 nitrogen and oxygen atoms in total. The summed E-state index contributed by atoms with van der Waals surface area (Å²) in [5, 5.41) is 0. The molecule has 0 bridgehead atoms. The fourth-order valence-electron chi connectivity index (χ4n) is 0.182. The zero-order valence-corrected chi connectivity index (χ0v) is 3.90. The number of nitrogens with one attached hydrogen (secondary N) is 2. The minimum atomic E-state index is -0.324.